The van der Waals surface area contributed by atoms with Crippen molar-refractivity contribution in [2.75, 3.05) is 13.1 Å². The van der Waals surface area contributed by atoms with Gasteiger partial charge in [-0.15, -0.1) is 0 Å². The zero-order valence-corrected chi connectivity index (χ0v) is 11.5. The first-order chi connectivity index (χ1) is 9.36. The van der Waals surface area contributed by atoms with E-state index >= 15 is 0 Å². The topological polar surface area (TPSA) is 20.3 Å². The molecule has 0 N–H and O–H groups in total. The molecule has 1 heterocycles. The number of likely N-dealkylation sites (tertiary alicyclic amines) is 1. The van der Waals surface area contributed by atoms with E-state index in [9.17, 15) is 18.0 Å². The van der Waals surface area contributed by atoms with E-state index in [1.54, 1.807) is 0 Å². The second-order valence-corrected chi connectivity index (χ2v) is 5.42. The molecule has 0 aliphatic carbocycles. The molecule has 110 valence electrons. The maximum absolute atomic E-state index is 12.4. The molecule has 0 radical (unpaired) electrons. The minimum absolute atomic E-state index is 0.0828. The molecule has 1 aromatic rings. The van der Waals surface area contributed by atoms with Crippen molar-refractivity contribution in [1.29, 1.82) is 0 Å². The summed E-state index contributed by atoms with van der Waals surface area (Å²) in [5, 5.41) is -0.292. The van der Waals surface area contributed by atoms with Gasteiger partial charge in [0, 0.05) is 12.5 Å². The average Bonchev–Trinajstić information content (AvgIpc) is 2.39. The predicted octanol–water partition coefficient (Wildman–Crippen LogP) is 3.68. The third kappa shape index (κ3) is 3.96. The molecule has 2 rings (SSSR count). The van der Waals surface area contributed by atoms with Crippen molar-refractivity contribution in [3.05, 3.63) is 35.4 Å². The Labute approximate surface area is 120 Å². The third-order valence-electron chi connectivity index (χ3n) is 3.60. The molecule has 0 spiro atoms. The summed E-state index contributed by atoms with van der Waals surface area (Å²) in [5.74, 6) is -0.0828. The van der Waals surface area contributed by atoms with Crippen LogP contribution in [-0.2, 0) is 17.5 Å². The standard InChI is InChI=1S/C14H15ClF3NO/c15-13(20)11-5-7-19(8-6-11)9-10-1-3-12(4-2-10)14(16,17)18/h1-4,11H,5-9H2. The van der Waals surface area contributed by atoms with Gasteiger partial charge in [-0.1, -0.05) is 12.1 Å². The van der Waals surface area contributed by atoms with Gasteiger partial charge < -0.3 is 0 Å². The van der Waals surface area contributed by atoms with E-state index < -0.39 is 11.7 Å². The molecule has 0 amide bonds. The number of hydrogen-bond acceptors (Lipinski definition) is 2. The van der Waals surface area contributed by atoms with Gasteiger partial charge in [0.15, 0.2) is 0 Å². The summed E-state index contributed by atoms with van der Waals surface area (Å²) in [4.78, 5) is 13.2. The number of carbonyl (C=O) groups is 1. The monoisotopic (exact) mass is 305 g/mol. The number of halogens is 4. The highest BCUT2D eigenvalue weighted by atomic mass is 35.5. The Morgan fingerprint density at radius 3 is 2.20 bits per heavy atom. The van der Waals surface area contributed by atoms with E-state index in [0.717, 1.165) is 30.8 Å². The summed E-state index contributed by atoms with van der Waals surface area (Å²) >= 11 is 5.46. The van der Waals surface area contributed by atoms with Crippen molar-refractivity contribution in [3.8, 4) is 0 Å². The molecule has 2 nitrogen and oxygen atoms in total. The summed E-state index contributed by atoms with van der Waals surface area (Å²) in [5.41, 5.74) is 0.210. The van der Waals surface area contributed by atoms with Crippen LogP contribution in [0.3, 0.4) is 0 Å². The Balaban J connectivity index is 1.90. The average molecular weight is 306 g/mol. The van der Waals surface area contributed by atoms with Gasteiger partial charge in [-0.25, -0.2) is 0 Å². The van der Waals surface area contributed by atoms with Crippen LogP contribution in [0, 0.1) is 5.92 Å². The summed E-state index contributed by atoms with van der Waals surface area (Å²) < 4.78 is 37.3. The minimum atomic E-state index is -4.29. The van der Waals surface area contributed by atoms with Crippen LogP contribution < -0.4 is 0 Å². The lowest BCUT2D eigenvalue weighted by molar-refractivity contribution is -0.137. The first-order valence-electron chi connectivity index (χ1n) is 6.44. The van der Waals surface area contributed by atoms with Crippen molar-refractivity contribution in [2.45, 2.75) is 25.6 Å². The first kappa shape index (κ1) is 15.3. The quantitative estimate of drug-likeness (QED) is 0.794. The maximum Gasteiger partial charge on any atom is 0.416 e. The molecule has 0 unspecified atom stereocenters. The van der Waals surface area contributed by atoms with E-state index in [4.69, 9.17) is 11.6 Å². The highest BCUT2D eigenvalue weighted by molar-refractivity contribution is 6.63. The Bertz CT molecular complexity index is 464. The number of piperidine rings is 1. The molecule has 0 aromatic heterocycles. The molecule has 0 atom stereocenters. The van der Waals surface area contributed by atoms with E-state index in [0.29, 0.717) is 19.4 Å². The van der Waals surface area contributed by atoms with Crippen LogP contribution in [0.15, 0.2) is 24.3 Å². The van der Waals surface area contributed by atoms with Gasteiger partial charge in [-0.2, -0.15) is 13.2 Å². The minimum Gasteiger partial charge on any atom is -0.299 e. The van der Waals surface area contributed by atoms with Gasteiger partial charge in [0.05, 0.1) is 5.56 Å². The Morgan fingerprint density at radius 1 is 1.20 bits per heavy atom. The van der Waals surface area contributed by atoms with Crippen LogP contribution in [0.5, 0.6) is 0 Å². The van der Waals surface area contributed by atoms with Crippen molar-refractivity contribution in [2.24, 2.45) is 5.92 Å². The largest absolute Gasteiger partial charge is 0.416 e. The van der Waals surface area contributed by atoms with Gasteiger partial charge >= 0.3 is 6.18 Å². The van der Waals surface area contributed by atoms with Gasteiger partial charge in [-0.3, -0.25) is 9.69 Å². The smallest absolute Gasteiger partial charge is 0.299 e. The lowest BCUT2D eigenvalue weighted by Crippen LogP contribution is -2.34. The van der Waals surface area contributed by atoms with E-state index in [1.807, 2.05) is 0 Å². The van der Waals surface area contributed by atoms with Gasteiger partial charge in [0.1, 0.15) is 0 Å². The molecule has 0 bridgehead atoms. The summed E-state index contributed by atoms with van der Waals surface area (Å²) in [6.07, 6.45) is -2.87. The maximum atomic E-state index is 12.4. The molecule has 1 fully saturated rings. The second kappa shape index (κ2) is 6.14. The molecular weight excluding hydrogens is 291 g/mol. The zero-order chi connectivity index (χ0) is 14.8. The fourth-order valence-electron chi connectivity index (χ4n) is 2.38. The Kier molecular flexibility index (Phi) is 4.70. The van der Waals surface area contributed by atoms with Crippen LogP contribution in [0.2, 0.25) is 0 Å². The Hall–Kier alpha value is -1.07. The van der Waals surface area contributed by atoms with Gasteiger partial charge in [0.25, 0.3) is 0 Å². The number of nitrogens with zero attached hydrogens (tertiary/aromatic N) is 1. The fourth-order valence-corrected chi connectivity index (χ4v) is 2.59. The van der Waals surface area contributed by atoms with Crippen LogP contribution in [0.1, 0.15) is 24.0 Å². The number of benzene rings is 1. The fraction of sp³-hybridized carbons (Fsp3) is 0.500. The molecule has 0 saturated carbocycles. The van der Waals surface area contributed by atoms with Crippen LogP contribution >= 0.6 is 11.6 Å². The van der Waals surface area contributed by atoms with Crippen molar-refractivity contribution >= 4 is 16.8 Å². The number of hydrogen-bond donors (Lipinski definition) is 0. The summed E-state index contributed by atoms with van der Waals surface area (Å²) in [6.45, 7) is 2.08. The SMILES string of the molecule is O=C(Cl)C1CCN(Cc2ccc(C(F)(F)F)cc2)CC1. The number of carbonyl (C=O) groups excluding carboxylic acids is 1. The van der Waals surface area contributed by atoms with E-state index in [2.05, 4.69) is 4.90 Å². The van der Waals surface area contributed by atoms with E-state index in [1.165, 1.54) is 12.1 Å². The molecule has 1 aliphatic heterocycles. The zero-order valence-electron chi connectivity index (χ0n) is 10.8. The molecule has 1 aromatic carbocycles. The number of rotatable bonds is 3. The Morgan fingerprint density at radius 2 is 1.75 bits per heavy atom. The second-order valence-electron chi connectivity index (χ2n) is 5.05. The number of alkyl halides is 3. The highest BCUT2D eigenvalue weighted by Gasteiger charge is 2.30. The third-order valence-corrected chi connectivity index (χ3v) is 3.90. The molecule has 1 aliphatic rings. The molecule has 6 heteroatoms. The molecular formula is C14H15ClF3NO. The van der Waals surface area contributed by atoms with Crippen LogP contribution in [-0.4, -0.2) is 23.2 Å². The van der Waals surface area contributed by atoms with Crippen molar-refractivity contribution in [3.63, 3.8) is 0 Å². The first-order valence-corrected chi connectivity index (χ1v) is 6.82. The van der Waals surface area contributed by atoms with Gasteiger partial charge in [-0.05, 0) is 55.2 Å². The van der Waals surface area contributed by atoms with Crippen molar-refractivity contribution < 1.29 is 18.0 Å². The van der Waals surface area contributed by atoms with Gasteiger partial charge in [0.2, 0.25) is 5.24 Å². The molecule has 1 saturated heterocycles. The van der Waals surface area contributed by atoms with Crippen molar-refractivity contribution in [1.82, 2.24) is 4.90 Å². The van der Waals surface area contributed by atoms with Crippen LogP contribution in [0.4, 0.5) is 13.2 Å². The highest BCUT2D eigenvalue weighted by Crippen LogP contribution is 2.29. The van der Waals surface area contributed by atoms with E-state index in [-0.39, 0.29) is 11.2 Å². The normalized spacial score (nSPS) is 18.2. The summed E-state index contributed by atoms with van der Waals surface area (Å²) in [7, 11) is 0. The van der Waals surface area contributed by atoms with Crippen LogP contribution in [0.25, 0.3) is 0 Å². The lowest BCUT2D eigenvalue weighted by Gasteiger charge is -2.30. The lowest BCUT2D eigenvalue weighted by atomic mass is 9.98. The summed E-state index contributed by atoms with van der Waals surface area (Å²) in [6, 6.07) is 5.21. The predicted molar refractivity (Wildman–Crippen MR) is 70.3 cm³/mol. The molecule has 20 heavy (non-hydrogen) atoms.